The Hall–Kier alpha value is -1.85. The highest BCUT2D eigenvalue weighted by molar-refractivity contribution is 6.34. The van der Waals surface area contributed by atoms with E-state index in [1.807, 2.05) is 6.92 Å². The number of rotatable bonds is 4. The van der Waals surface area contributed by atoms with Crippen molar-refractivity contribution in [1.82, 2.24) is 10.5 Å². The summed E-state index contributed by atoms with van der Waals surface area (Å²) in [5.74, 6) is 0.244. The van der Waals surface area contributed by atoms with Crippen LogP contribution in [0.5, 0.6) is 0 Å². The van der Waals surface area contributed by atoms with Gasteiger partial charge in [0.25, 0.3) is 5.91 Å². The molecule has 2 unspecified atom stereocenters. The zero-order valence-electron chi connectivity index (χ0n) is 15.4. The molecule has 2 atom stereocenters. The number of benzene rings is 1. The van der Waals surface area contributed by atoms with Crippen molar-refractivity contribution in [2.45, 2.75) is 52.7 Å². The van der Waals surface area contributed by atoms with Crippen molar-refractivity contribution < 1.29 is 14.4 Å². The van der Waals surface area contributed by atoms with E-state index in [0.717, 1.165) is 31.4 Å². The Kier molecular flexibility index (Phi) is 5.39. The van der Waals surface area contributed by atoms with Crippen LogP contribution in [-0.2, 0) is 0 Å². The fourth-order valence-corrected chi connectivity index (χ4v) is 3.91. The van der Waals surface area contributed by atoms with E-state index in [9.17, 15) is 9.90 Å². The number of nitrogens with zero attached hydrogens (tertiary/aromatic N) is 1. The van der Waals surface area contributed by atoms with Crippen LogP contribution in [0.25, 0.3) is 11.3 Å². The Morgan fingerprint density at radius 3 is 2.85 bits per heavy atom. The third kappa shape index (κ3) is 4.27. The maximum atomic E-state index is 12.7. The maximum Gasteiger partial charge on any atom is 0.254 e. The first kappa shape index (κ1) is 18.9. The van der Waals surface area contributed by atoms with Crippen molar-refractivity contribution in [3.05, 3.63) is 40.5 Å². The summed E-state index contributed by atoms with van der Waals surface area (Å²) in [6, 6.07) is 6.89. The summed E-state index contributed by atoms with van der Waals surface area (Å²) in [7, 11) is 0. The molecule has 3 rings (SSSR count). The van der Waals surface area contributed by atoms with Gasteiger partial charge in [0, 0.05) is 17.5 Å². The molecule has 0 spiro atoms. The molecule has 1 aromatic carbocycles. The van der Waals surface area contributed by atoms with E-state index in [1.165, 1.54) is 0 Å². The van der Waals surface area contributed by atoms with Crippen LogP contribution in [0.3, 0.4) is 0 Å². The molecule has 0 aliphatic heterocycles. The van der Waals surface area contributed by atoms with Crippen LogP contribution in [0.1, 0.15) is 55.6 Å². The minimum Gasteiger partial charge on any atom is -0.373 e. The average molecular weight is 377 g/mol. The number of nitrogens with one attached hydrogen (secondary N) is 1. The fraction of sp³-hybridized carbons (Fsp3) is 0.500. The van der Waals surface area contributed by atoms with Crippen LogP contribution in [0.4, 0.5) is 0 Å². The molecule has 0 saturated heterocycles. The van der Waals surface area contributed by atoms with Gasteiger partial charge in [-0.25, -0.2) is 0 Å². The molecule has 26 heavy (non-hydrogen) atoms. The number of halogens is 1. The summed E-state index contributed by atoms with van der Waals surface area (Å²) in [4.78, 5) is 12.7. The van der Waals surface area contributed by atoms with Crippen LogP contribution in [-0.4, -0.2) is 22.4 Å². The van der Waals surface area contributed by atoms with Crippen molar-refractivity contribution in [2.75, 3.05) is 0 Å². The number of carbonyl (C=O) groups is 1. The molecule has 0 bridgehead atoms. The molecule has 0 radical (unpaired) electrons. The summed E-state index contributed by atoms with van der Waals surface area (Å²) >= 11 is 6.21. The fourth-order valence-electron chi connectivity index (χ4n) is 3.71. The van der Waals surface area contributed by atoms with Gasteiger partial charge >= 0.3 is 0 Å². The Morgan fingerprint density at radius 1 is 1.42 bits per heavy atom. The molecule has 6 heteroatoms. The lowest BCUT2D eigenvalue weighted by molar-refractivity contribution is 0.0232. The predicted octanol–water partition coefficient (Wildman–Crippen LogP) is 4.57. The number of aliphatic hydroxyl groups is 1. The number of aliphatic hydroxyl groups excluding tert-OH is 1. The number of hydrogen-bond donors (Lipinski definition) is 2. The van der Waals surface area contributed by atoms with Crippen LogP contribution < -0.4 is 5.32 Å². The normalized spacial score (nSPS) is 20.6. The molecular weight excluding hydrogens is 352 g/mol. The molecule has 1 fully saturated rings. The number of carbonyl (C=O) groups excluding carboxylic acids is 1. The summed E-state index contributed by atoms with van der Waals surface area (Å²) in [5.41, 5.74) is 1.98. The number of hydrogen-bond acceptors (Lipinski definition) is 4. The van der Waals surface area contributed by atoms with Gasteiger partial charge < -0.3 is 14.9 Å². The molecule has 1 saturated carbocycles. The molecule has 2 N–H and O–H groups in total. The van der Waals surface area contributed by atoms with Gasteiger partial charge in [-0.3, -0.25) is 4.79 Å². The zero-order valence-corrected chi connectivity index (χ0v) is 16.1. The van der Waals surface area contributed by atoms with E-state index in [0.29, 0.717) is 21.9 Å². The van der Waals surface area contributed by atoms with E-state index in [2.05, 4.69) is 24.3 Å². The summed E-state index contributed by atoms with van der Waals surface area (Å²) in [6.45, 7) is 6.24. The van der Waals surface area contributed by atoms with Gasteiger partial charge in [0.1, 0.15) is 6.23 Å². The minimum absolute atomic E-state index is 0.0570. The Labute approximate surface area is 158 Å². The SMILES string of the molecule is Cc1cc(-c2ccc(Cl)c(C(=O)NC(O)C3CCCC(C)(C)C3)c2)on1. The third-order valence-corrected chi connectivity index (χ3v) is 5.42. The third-order valence-electron chi connectivity index (χ3n) is 5.09. The van der Waals surface area contributed by atoms with E-state index in [-0.39, 0.29) is 17.2 Å². The molecule has 1 heterocycles. The van der Waals surface area contributed by atoms with Crippen molar-refractivity contribution in [3.63, 3.8) is 0 Å². The maximum absolute atomic E-state index is 12.7. The lowest BCUT2D eigenvalue weighted by Gasteiger charge is -2.37. The van der Waals surface area contributed by atoms with Crippen LogP contribution in [0.15, 0.2) is 28.8 Å². The van der Waals surface area contributed by atoms with Crippen LogP contribution >= 0.6 is 11.6 Å². The summed E-state index contributed by atoms with van der Waals surface area (Å²) in [5, 5.41) is 17.4. The van der Waals surface area contributed by atoms with Gasteiger partial charge in [-0.05, 0) is 49.8 Å². The monoisotopic (exact) mass is 376 g/mol. The Morgan fingerprint density at radius 2 is 2.19 bits per heavy atom. The number of aromatic nitrogens is 1. The molecule has 2 aromatic rings. The molecule has 1 amide bonds. The lowest BCUT2D eigenvalue weighted by atomic mass is 9.71. The Bertz CT molecular complexity index is 800. The first-order chi connectivity index (χ1) is 12.2. The Balaban J connectivity index is 1.75. The quantitative estimate of drug-likeness (QED) is 0.766. The van der Waals surface area contributed by atoms with E-state index < -0.39 is 6.23 Å². The highest BCUT2D eigenvalue weighted by Crippen LogP contribution is 2.39. The summed E-state index contributed by atoms with van der Waals surface area (Å²) < 4.78 is 5.25. The van der Waals surface area contributed by atoms with E-state index >= 15 is 0 Å². The van der Waals surface area contributed by atoms with Gasteiger partial charge in [-0.15, -0.1) is 0 Å². The van der Waals surface area contributed by atoms with Crippen molar-refractivity contribution >= 4 is 17.5 Å². The molecule has 5 nitrogen and oxygen atoms in total. The van der Waals surface area contributed by atoms with Crippen LogP contribution in [0, 0.1) is 18.3 Å². The molecule has 1 aliphatic rings. The van der Waals surface area contributed by atoms with Gasteiger partial charge in [0.15, 0.2) is 5.76 Å². The highest BCUT2D eigenvalue weighted by atomic mass is 35.5. The van der Waals surface area contributed by atoms with Crippen molar-refractivity contribution in [1.29, 1.82) is 0 Å². The van der Waals surface area contributed by atoms with Gasteiger partial charge in [-0.2, -0.15) is 0 Å². The van der Waals surface area contributed by atoms with E-state index in [1.54, 1.807) is 24.3 Å². The summed E-state index contributed by atoms with van der Waals surface area (Å²) in [6.07, 6.45) is 3.13. The van der Waals surface area contributed by atoms with E-state index in [4.69, 9.17) is 16.1 Å². The average Bonchev–Trinajstić information content (AvgIpc) is 3.00. The lowest BCUT2D eigenvalue weighted by Crippen LogP contribution is -2.43. The minimum atomic E-state index is -0.880. The zero-order chi connectivity index (χ0) is 18.9. The van der Waals surface area contributed by atoms with Crippen LogP contribution in [0.2, 0.25) is 5.02 Å². The number of aryl methyl sites for hydroxylation is 1. The second-order valence-corrected chi connectivity index (χ2v) is 8.37. The van der Waals surface area contributed by atoms with Crippen molar-refractivity contribution in [2.24, 2.45) is 11.3 Å². The second-order valence-electron chi connectivity index (χ2n) is 7.97. The first-order valence-electron chi connectivity index (χ1n) is 8.97. The van der Waals surface area contributed by atoms with Gasteiger partial charge in [0.2, 0.25) is 0 Å². The topological polar surface area (TPSA) is 75.4 Å². The van der Waals surface area contributed by atoms with Crippen molar-refractivity contribution in [3.8, 4) is 11.3 Å². The molecular formula is C20H25ClN2O3. The van der Waals surface area contributed by atoms with Gasteiger partial charge in [-0.1, -0.05) is 37.0 Å². The molecule has 140 valence electrons. The molecule has 1 aromatic heterocycles. The smallest absolute Gasteiger partial charge is 0.254 e. The highest BCUT2D eigenvalue weighted by Gasteiger charge is 2.32. The first-order valence-corrected chi connectivity index (χ1v) is 9.35. The standard InChI is InChI=1S/C20H25ClN2O3/c1-12-9-17(26-23-12)13-6-7-16(21)15(10-13)19(25)22-18(24)14-5-4-8-20(2,3)11-14/h6-7,9-10,14,18,24H,4-5,8,11H2,1-3H3,(H,22,25). The predicted molar refractivity (Wildman–Crippen MR) is 101 cm³/mol. The van der Waals surface area contributed by atoms with Gasteiger partial charge in [0.05, 0.1) is 16.3 Å². The second kappa shape index (κ2) is 7.41. The largest absolute Gasteiger partial charge is 0.373 e. The number of amides is 1. The molecule has 1 aliphatic carbocycles.